The average molecular weight is 225 g/mol. The van der Waals surface area contributed by atoms with Crippen LogP contribution in [-0.2, 0) is 0 Å². The zero-order valence-corrected chi connectivity index (χ0v) is 9.71. The Morgan fingerprint density at radius 2 is 2.00 bits per heavy atom. The van der Waals surface area contributed by atoms with Crippen molar-refractivity contribution in [3.05, 3.63) is 28.9 Å². The monoisotopic (exact) mass is 224 g/mol. The summed E-state index contributed by atoms with van der Waals surface area (Å²) in [5.41, 5.74) is 1.16. The topological polar surface area (TPSA) is 46.0 Å². The van der Waals surface area contributed by atoms with Gasteiger partial charge in [-0.2, -0.15) is 5.10 Å². The largest absolute Gasteiger partial charge is 0.505 e. The second kappa shape index (κ2) is 4.94. The number of fused-ring (bicyclic) bond motifs is 1. The third-order valence-electron chi connectivity index (χ3n) is 1.92. The minimum atomic E-state index is 0.146. The van der Waals surface area contributed by atoms with Crippen LogP contribution < -0.4 is 0 Å². The molecule has 1 aromatic heterocycles. The summed E-state index contributed by atoms with van der Waals surface area (Å²) >= 11 is 5.96. The Bertz CT molecular complexity index is 471. The first-order valence-corrected chi connectivity index (χ1v) is 5.17. The van der Waals surface area contributed by atoms with Gasteiger partial charge in [0.1, 0.15) is 11.3 Å². The van der Waals surface area contributed by atoms with Gasteiger partial charge < -0.3 is 5.11 Å². The quantitative estimate of drug-likeness (QED) is 0.747. The molecular formula is C11H13ClN2O. The van der Waals surface area contributed by atoms with Gasteiger partial charge in [-0.15, -0.1) is 5.10 Å². The molecule has 80 valence electrons. The lowest BCUT2D eigenvalue weighted by molar-refractivity contribution is 0.475. The molecule has 0 atom stereocenters. The van der Waals surface area contributed by atoms with Crippen molar-refractivity contribution in [1.82, 2.24) is 10.2 Å². The fourth-order valence-corrected chi connectivity index (χ4v) is 1.54. The number of aromatic nitrogens is 2. The lowest BCUT2D eigenvalue weighted by Crippen LogP contribution is -1.86. The van der Waals surface area contributed by atoms with E-state index in [4.69, 9.17) is 11.6 Å². The summed E-state index contributed by atoms with van der Waals surface area (Å²) in [7, 11) is 0. The molecule has 2 rings (SSSR count). The van der Waals surface area contributed by atoms with E-state index in [1.165, 1.54) is 0 Å². The van der Waals surface area contributed by atoms with Crippen LogP contribution in [0.5, 0.6) is 5.75 Å². The van der Waals surface area contributed by atoms with Crippen molar-refractivity contribution in [1.29, 1.82) is 0 Å². The van der Waals surface area contributed by atoms with Gasteiger partial charge in [-0.3, -0.25) is 0 Å². The first-order valence-electron chi connectivity index (χ1n) is 4.79. The molecule has 3 nitrogen and oxygen atoms in total. The van der Waals surface area contributed by atoms with Crippen molar-refractivity contribution in [2.45, 2.75) is 20.8 Å². The van der Waals surface area contributed by atoms with Gasteiger partial charge in [-0.25, -0.2) is 0 Å². The molecular weight excluding hydrogens is 212 g/mol. The van der Waals surface area contributed by atoms with E-state index in [0.29, 0.717) is 16.1 Å². The normalized spacial score (nSPS) is 9.60. The fourth-order valence-electron chi connectivity index (χ4n) is 1.22. The first kappa shape index (κ1) is 11.7. The van der Waals surface area contributed by atoms with Crippen LogP contribution in [-0.4, -0.2) is 15.3 Å². The van der Waals surface area contributed by atoms with Crippen LogP contribution in [0.3, 0.4) is 0 Å². The van der Waals surface area contributed by atoms with Gasteiger partial charge in [0.05, 0.1) is 11.2 Å². The van der Waals surface area contributed by atoms with Crippen LogP contribution in [0.1, 0.15) is 19.4 Å². The van der Waals surface area contributed by atoms with Crippen LogP contribution in [0.4, 0.5) is 0 Å². The molecule has 0 amide bonds. The number of aryl methyl sites for hydroxylation is 1. The number of aromatic hydroxyl groups is 1. The molecule has 0 unspecified atom stereocenters. The van der Waals surface area contributed by atoms with Crippen molar-refractivity contribution in [3.63, 3.8) is 0 Å². The predicted octanol–water partition coefficient (Wildman–Crippen LogP) is 3.32. The van der Waals surface area contributed by atoms with Crippen molar-refractivity contribution in [2.75, 3.05) is 0 Å². The van der Waals surface area contributed by atoms with Gasteiger partial charge in [0.25, 0.3) is 0 Å². The number of hydrogen-bond donors (Lipinski definition) is 1. The summed E-state index contributed by atoms with van der Waals surface area (Å²) < 4.78 is 0. The van der Waals surface area contributed by atoms with E-state index in [2.05, 4.69) is 10.2 Å². The molecule has 0 spiro atoms. The average Bonchev–Trinajstić information content (AvgIpc) is 2.29. The Balaban J connectivity index is 0.000000531. The van der Waals surface area contributed by atoms with Crippen molar-refractivity contribution in [3.8, 4) is 5.75 Å². The first-order chi connectivity index (χ1) is 7.20. The van der Waals surface area contributed by atoms with Crippen molar-refractivity contribution in [2.24, 2.45) is 0 Å². The van der Waals surface area contributed by atoms with E-state index in [1.807, 2.05) is 13.8 Å². The maximum absolute atomic E-state index is 9.62. The third kappa shape index (κ3) is 2.18. The molecule has 1 aromatic carbocycles. The number of nitrogens with zero attached hydrogens (tertiary/aromatic N) is 2. The summed E-state index contributed by atoms with van der Waals surface area (Å²) in [6, 6.07) is 3.44. The van der Waals surface area contributed by atoms with Gasteiger partial charge in [-0.05, 0) is 24.6 Å². The van der Waals surface area contributed by atoms with Gasteiger partial charge in [-0.1, -0.05) is 25.4 Å². The third-order valence-corrected chi connectivity index (χ3v) is 2.23. The maximum Gasteiger partial charge on any atom is 0.146 e. The van der Waals surface area contributed by atoms with Crippen LogP contribution in [0.15, 0.2) is 18.3 Å². The van der Waals surface area contributed by atoms with E-state index in [0.717, 1.165) is 5.39 Å². The summed E-state index contributed by atoms with van der Waals surface area (Å²) in [6.45, 7) is 5.77. The fraction of sp³-hybridized carbons (Fsp3) is 0.273. The summed E-state index contributed by atoms with van der Waals surface area (Å²) in [5.74, 6) is 0.146. The Hall–Kier alpha value is -1.35. The van der Waals surface area contributed by atoms with E-state index in [9.17, 15) is 5.11 Å². The summed E-state index contributed by atoms with van der Waals surface area (Å²) in [6.07, 6.45) is 1.54. The minimum Gasteiger partial charge on any atom is -0.505 e. The van der Waals surface area contributed by atoms with E-state index < -0.39 is 0 Å². The molecule has 0 fully saturated rings. The smallest absolute Gasteiger partial charge is 0.146 e. The number of benzene rings is 1. The van der Waals surface area contributed by atoms with E-state index in [-0.39, 0.29) is 5.75 Å². The molecule has 0 aliphatic carbocycles. The molecule has 2 aromatic rings. The van der Waals surface area contributed by atoms with Gasteiger partial charge in [0.2, 0.25) is 0 Å². The highest BCUT2D eigenvalue weighted by atomic mass is 35.5. The highest BCUT2D eigenvalue weighted by molar-refractivity contribution is 6.35. The minimum absolute atomic E-state index is 0.146. The second-order valence-electron chi connectivity index (χ2n) is 2.82. The lowest BCUT2D eigenvalue weighted by Gasteiger charge is -2.03. The zero-order chi connectivity index (χ0) is 11.4. The SMILES string of the molecule is CC.Cc1cc(Cl)c2ccnnc2c1O. The molecule has 1 N–H and O–H groups in total. The molecule has 0 bridgehead atoms. The number of halogens is 1. The van der Waals surface area contributed by atoms with Crippen LogP contribution in [0.2, 0.25) is 5.02 Å². The Morgan fingerprint density at radius 3 is 2.67 bits per heavy atom. The molecule has 0 aliphatic rings. The number of hydrogen-bond acceptors (Lipinski definition) is 3. The Labute approximate surface area is 93.7 Å². The van der Waals surface area contributed by atoms with Crippen molar-refractivity contribution < 1.29 is 5.11 Å². The van der Waals surface area contributed by atoms with Crippen LogP contribution >= 0.6 is 11.6 Å². The summed E-state index contributed by atoms with van der Waals surface area (Å²) in [5, 5.41) is 18.4. The highest BCUT2D eigenvalue weighted by Crippen LogP contribution is 2.31. The van der Waals surface area contributed by atoms with Crippen LogP contribution in [0.25, 0.3) is 10.9 Å². The maximum atomic E-state index is 9.62. The standard InChI is InChI=1S/C9H7ClN2O.C2H6/c1-5-4-7(10)6-2-3-11-12-8(6)9(5)13;1-2/h2-4,13H,1H3;1-2H3. The Morgan fingerprint density at radius 1 is 1.33 bits per heavy atom. The molecule has 0 saturated heterocycles. The van der Waals surface area contributed by atoms with E-state index >= 15 is 0 Å². The molecule has 15 heavy (non-hydrogen) atoms. The Kier molecular flexibility index (Phi) is 3.86. The van der Waals surface area contributed by atoms with Gasteiger partial charge >= 0.3 is 0 Å². The number of phenols is 1. The highest BCUT2D eigenvalue weighted by Gasteiger charge is 2.07. The molecule has 0 saturated carbocycles. The zero-order valence-electron chi connectivity index (χ0n) is 8.95. The lowest BCUT2D eigenvalue weighted by atomic mass is 10.1. The van der Waals surface area contributed by atoms with Crippen LogP contribution in [0, 0.1) is 6.92 Å². The van der Waals surface area contributed by atoms with Gasteiger partial charge in [0.15, 0.2) is 0 Å². The molecule has 0 aliphatic heterocycles. The number of rotatable bonds is 0. The predicted molar refractivity (Wildman–Crippen MR) is 62.3 cm³/mol. The molecule has 0 radical (unpaired) electrons. The second-order valence-corrected chi connectivity index (χ2v) is 3.22. The molecule has 4 heteroatoms. The van der Waals surface area contributed by atoms with Crippen molar-refractivity contribution >= 4 is 22.5 Å². The molecule has 1 heterocycles. The summed E-state index contributed by atoms with van der Waals surface area (Å²) in [4.78, 5) is 0. The van der Waals surface area contributed by atoms with E-state index in [1.54, 1.807) is 25.3 Å². The van der Waals surface area contributed by atoms with Gasteiger partial charge in [0, 0.05) is 5.39 Å². The number of phenolic OH excluding ortho intramolecular Hbond substituents is 1.